The van der Waals surface area contributed by atoms with Gasteiger partial charge in [-0.25, -0.2) is 9.97 Å². The van der Waals surface area contributed by atoms with Crippen molar-refractivity contribution in [3.63, 3.8) is 0 Å². The summed E-state index contributed by atoms with van der Waals surface area (Å²) in [5.41, 5.74) is 9.45. The molecule has 2 aromatic rings. The van der Waals surface area contributed by atoms with Crippen molar-refractivity contribution in [2.75, 3.05) is 25.1 Å². The van der Waals surface area contributed by atoms with Crippen LogP contribution in [0.15, 0.2) is 30.6 Å². The van der Waals surface area contributed by atoms with E-state index in [1.54, 1.807) is 6.33 Å². The standard InChI is InChI=1S/C20H28N4O/c1-14-5-6-19(15(2)9-14)25-8-4-7-24(3)20-12-18(22-13-23-20)16-10-17(21)11-16/h5-6,9,12-13,16-17H,4,7-8,10-11,21H2,1-3H3. The van der Waals surface area contributed by atoms with Crippen molar-refractivity contribution in [2.45, 2.75) is 45.1 Å². The predicted molar refractivity (Wildman–Crippen MR) is 101 cm³/mol. The minimum absolute atomic E-state index is 0.337. The van der Waals surface area contributed by atoms with E-state index >= 15 is 0 Å². The largest absolute Gasteiger partial charge is 0.493 e. The number of ether oxygens (including phenoxy) is 1. The van der Waals surface area contributed by atoms with Crippen molar-refractivity contribution >= 4 is 5.82 Å². The molecule has 1 heterocycles. The zero-order valence-electron chi connectivity index (χ0n) is 15.4. The van der Waals surface area contributed by atoms with Crippen LogP contribution in [-0.4, -0.2) is 36.2 Å². The molecule has 0 unspecified atom stereocenters. The summed E-state index contributed by atoms with van der Waals surface area (Å²) < 4.78 is 5.91. The molecule has 5 nitrogen and oxygen atoms in total. The summed E-state index contributed by atoms with van der Waals surface area (Å²) in [5, 5.41) is 0. The Balaban J connectivity index is 1.47. The monoisotopic (exact) mass is 340 g/mol. The number of aryl methyl sites for hydroxylation is 2. The number of anilines is 1. The van der Waals surface area contributed by atoms with Gasteiger partial charge in [-0.2, -0.15) is 0 Å². The Hall–Kier alpha value is -2.14. The van der Waals surface area contributed by atoms with Gasteiger partial charge in [0.15, 0.2) is 0 Å². The Labute approximate surface area is 150 Å². The Kier molecular flexibility index (Phi) is 5.53. The highest BCUT2D eigenvalue weighted by molar-refractivity contribution is 5.39. The summed E-state index contributed by atoms with van der Waals surface area (Å²) in [6.07, 6.45) is 4.67. The van der Waals surface area contributed by atoms with Gasteiger partial charge < -0.3 is 15.4 Å². The van der Waals surface area contributed by atoms with E-state index in [4.69, 9.17) is 10.5 Å². The summed E-state index contributed by atoms with van der Waals surface area (Å²) in [7, 11) is 2.07. The second-order valence-electron chi connectivity index (χ2n) is 7.12. The van der Waals surface area contributed by atoms with Crippen LogP contribution in [0, 0.1) is 13.8 Å². The minimum atomic E-state index is 0.337. The molecule has 0 amide bonds. The number of hydrogen-bond donors (Lipinski definition) is 1. The summed E-state index contributed by atoms with van der Waals surface area (Å²) >= 11 is 0. The Morgan fingerprint density at radius 3 is 2.72 bits per heavy atom. The highest BCUT2D eigenvalue weighted by atomic mass is 16.5. The van der Waals surface area contributed by atoms with Crippen LogP contribution in [0.4, 0.5) is 5.82 Å². The molecule has 1 saturated carbocycles. The number of aromatic nitrogens is 2. The molecule has 1 aliphatic rings. The molecule has 2 N–H and O–H groups in total. The second-order valence-corrected chi connectivity index (χ2v) is 7.12. The van der Waals surface area contributed by atoms with E-state index in [2.05, 4.69) is 60.0 Å². The third-order valence-electron chi connectivity index (χ3n) is 4.88. The first-order chi connectivity index (χ1) is 12.0. The van der Waals surface area contributed by atoms with Gasteiger partial charge in [0.25, 0.3) is 0 Å². The summed E-state index contributed by atoms with van der Waals surface area (Å²) in [6.45, 7) is 5.78. The van der Waals surface area contributed by atoms with Gasteiger partial charge in [0.05, 0.1) is 6.61 Å². The molecule has 1 fully saturated rings. The van der Waals surface area contributed by atoms with Crippen LogP contribution < -0.4 is 15.4 Å². The lowest BCUT2D eigenvalue weighted by Crippen LogP contribution is -2.35. The Morgan fingerprint density at radius 2 is 2.00 bits per heavy atom. The molecule has 1 aliphatic carbocycles. The van der Waals surface area contributed by atoms with Crippen molar-refractivity contribution in [1.82, 2.24) is 9.97 Å². The van der Waals surface area contributed by atoms with Gasteiger partial charge in [-0.1, -0.05) is 17.7 Å². The smallest absolute Gasteiger partial charge is 0.131 e. The number of benzene rings is 1. The lowest BCUT2D eigenvalue weighted by atomic mass is 9.78. The molecule has 1 aromatic carbocycles. The first-order valence-electron chi connectivity index (χ1n) is 9.01. The lowest BCUT2D eigenvalue weighted by Gasteiger charge is -2.32. The van der Waals surface area contributed by atoms with E-state index in [1.165, 1.54) is 11.1 Å². The van der Waals surface area contributed by atoms with Crippen LogP contribution in [0.2, 0.25) is 0 Å². The van der Waals surface area contributed by atoms with Crippen molar-refractivity contribution in [3.8, 4) is 5.75 Å². The first kappa shape index (κ1) is 17.7. The van der Waals surface area contributed by atoms with Gasteiger partial charge >= 0.3 is 0 Å². The molecule has 0 bridgehead atoms. The number of nitrogens with two attached hydrogens (primary N) is 1. The maximum absolute atomic E-state index is 5.91. The van der Waals surface area contributed by atoms with Gasteiger partial charge in [-0.3, -0.25) is 0 Å². The van der Waals surface area contributed by atoms with Crippen molar-refractivity contribution in [1.29, 1.82) is 0 Å². The van der Waals surface area contributed by atoms with Gasteiger partial charge in [0, 0.05) is 37.3 Å². The molecule has 1 aromatic heterocycles. The average Bonchev–Trinajstić information content (AvgIpc) is 2.57. The van der Waals surface area contributed by atoms with Crippen LogP contribution in [0.1, 0.15) is 42.0 Å². The zero-order chi connectivity index (χ0) is 17.8. The summed E-state index contributed by atoms with van der Waals surface area (Å²) in [6, 6.07) is 8.72. The van der Waals surface area contributed by atoms with Crippen molar-refractivity contribution in [3.05, 3.63) is 47.4 Å². The number of nitrogens with zero attached hydrogens (tertiary/aromatic N) is 3. The molecule has 5 heteroatoms. The molecular weight excluding hydrogens is 312 g/mol. The minimum Gasteiger partial charge on any atom is -0.493 e. The van der Waals surface area contributed by atoms with Gasteiger partial charge in [0.1, 0.15) is 17.9 Å². The van der Waals surface area contributed by atoms with Gasteiger partial charge in [0.2, 0.25) is 0 Å². The van der Waals surface area contributed by atoms with Crippen LogP contribution in [0.5, 0.6) is 5.75 Å². The van der Waals surface area contributed by atoms with Gasteiger partial charge in [-0.05, 0) is 44.7 Å². The maximum atomic E-state index is 5.91. The third-order valence-corrected chi connectivity index (χ3v) is 4.88. The highest BCUT2D eigenvalue weighted by Gasteiger charge is 2.28. The normalized spacial score (nSPS) is 19.4. The van der Waals surface area contributed by atoms with Crippen LogP contribution in [0.3, 0.4) is 0 Å². The fraction of sp³-hybridized carbons (Fsp3) is 0.500. The fourth-order valence-corrected chi connectivity index (χ4v) is 3.26. The van der Waals surface area contributed by atoms with Crippen LogP contribution >= 0.6 is 0 Å². The molecule has 0 saturated heterocycles. The third kappa shape index (κ3) is 4.48. The highest BCUT2D eigenvalue weighted by Crippen LogP contribution is 2.35. The average molecular weight is 340 g/mol. The number of hydrogen-bond acceptors (Lipinski definition) is 5. The molecule has 134 valence electrons. The van der Waals surface area contributed by atoms with E-state index in [0.717, 1.165) is 43.1 Å². The van der Waals surface area contributed by atoms with Crippen LogP contribution in [0.25, 0.3) is 0 Å². The Morgan fingerprint density at radius 1 is 1.20 bits per heavy atom. The van der Waals surface area contributed by atoms with E-state index in [9.17, 15) is 0 Å². The van der Waals surface area contributed by atoms with E-state index in [1.807, 2.05) is 0 Å². The lowest BCUT2D eigenvalue weighted by molar-refractivity contribution is 0.310. The molecule has 0 atom stereocenters. The molecule has 0 spiro atoms. The Bertz CT molecular complexity index is 713. The molecule has 25 heavy (non-hydrogen) atoms. The first-order valence-corrected chi connectivity index (χ1v) is 9.01. The molecule has 3 rings (SSSR count). The quantitative estimate of drug-likeness (QED) is 0.784. The number of rotatable bonds is 7. The maximum Gasteiger partial charge on any atom is 0.131 e. The van der Waals surface area contributed by atoms with E-state index in [0.29, 0.717) is 18.6 Å². The topological polar surface area (TPSA) is 64.3 Å². The van der Waals surface area contributed by atoms with Crippen molar-refractivity contribution in [2.24, 2.45) is 5.73 Å². The van der Waals surface area contributed by atoms with Gasteiger partial charge in [-0.15, -0.1) is 0 Å². The second kappa shape index (κ2) is 7.83. The van der Waals surface area contributed by atoms with Crippen molar-refractivity contribution < 1.29 is 4.74 Å². The molecule has 0 aliphatic heterocycles. The summed E-state index contributed by atoms with van der Waals surface area (Å²) in [4.78, 5) is 11.0. The summed E-state index contributed by atoms with van der Waals surface area (Å²) in [5.74, 6) is 2.44. The molecule has 0 radical (unpaired) electrons. The van der Waals surface area contributed by atoms with E-state index < -0.39 is 0 Å². The van der Waals surface area contributed by atoms with E-state index in [-0.39, 0.29) is 0 Å². The zero-order valence-corrected chi connectivity index (χ0v) is 15.4. The molecular formula is C20H28N4O. The SMILES string of the molecule is Cc1ccc(OCCCN(C)c2cc(C3CC(N)C3)ncn2)c(C)c1. The van der Waals surface area contributed by atoms with Crippen LogP contribution in [-0.2, 0) is 0 Å². The fourth-order valence-electron chi connectivity index (χ4n) is 3.26. The predicted octanol–water partition coefficient (Wildman–Crippen LogP) is 3.20.